The molecule has 0 saturated heterocycles. The van der Waals surface area contributed by atoms with Gasteiger partial charge in [0.15, 0.2) is 23.9 Å². The lowest BCUT2D eigenvalue weighted by molar-refractivity contribution is -0.377. The standard InChI is InChI=1S/C28H22Cl2F2N2O6/c29-19-11-33-12-20(30)18(19)10-23(16-7-8-22(40-28(31)32)24(9-16)38-14-15-5-6-15)39-25(35)13-34-21-4-2-1-3-17(21)26(36)27(34)37/h1-4,7-9,11-12,15,23,28H,5-6,10,13-14H2/p+1/t23-/m0/s1. The molecule has 12 heteroatoms. The third-order valence-electron chi connectivity index (χ3n) is 6.55. The van der Waals surface area contributed by atoms with Crippen molar-refractivity contribution in [3.05, 3.63) is 81.6 Å². The number of nitrogens with zero attached hydrogens (tertiary/aromatic N) is 1. The van der Waals surface area contributed by atoms with Crippen LogP contribution >= 0.6 is 23.2 Å². The van der Waals surface area contributed by atoms with Crippen LogP contribution in [0.5, 0.6) is 11.5 Å². The van der Waals surface area contributed by atoms with Crippen LogP contribution in [0.25, 0.3) is 0 Å². The number of anilines is 1. The number of carbonyl (C=O) groups excluding carboxylic acids is 3. The van der Waals surface area contributed by atoms with Gasteiger partial charge in [-0.25, -0.2) is 4.98 Å². The van der Waals surface area contributed by atoms with Gasteiger partial charge in [0.05, 0.1) is 17.9 Å². The van der Waals surface area contributed by atoms with E-state index < -0.39 is 36.9 Å². The number of pyridine rings is 1. The third kappa shape index (κ3) is 6.18. The van der Waals surface area contributed by atoms with Crippen molar-refractivity contribution in [1.82, 2.24) is 0 Å². The molecular formula is C28H23Cl2F2N2O6+. The first kappa shape index (κ1) is 27.8. The maximum absolute atomic E-state index is 13.2. The summed E-state index contributed by atoms with van der Waals surface area (Å²) in [5, 5.41) is 0.566. The molecule has 0 unspecified atom stereocenters. The topological polar surface area (TPSA) is 96.3 Å². The molecule has 1 atom stereocenters. The Labute approximate surface area is 237 Å². The summed E-state index contributed by atoms with van der Waals surface area (Å²) in [5.41, 5.74) is 1.36. The Bertz CT molecular complexity index is 1450. The SMILES string of the molecule is O=C(CN1C(=O)C(=O)c2ccccc21)O[C@@H](Cc1c(Cl)c[nH+]cc1Cl)c1ccc(OC(F)F)c(OCC2CC2)c1. The lowest BCUT2D eigenvalue weighted by Gasteiger charge is -2.23. The van der Waals surface area contributed by atoms with Gasteiger partial charge in [0.2, 0.25) is 0 Å². The third-order valence-corrected chi connectivity index (χ3v) is 7.23. The molecule has 0 bridgehead atoms. The second kappa shape index (κ2) is 11.8. The summed E-state index contributed by atoms with van der Waals surface area (Å²) in [4.78, 5) is 42.0. The van der Waals surface area contributed by atoms with Crippen LogP contribution in [0.4, 0.5) is 14.5 Å². The molecule has 208 valence electrons. The van der Waals surface area contributed by atoms with Crippen LogP contribution in [-0.2, 0) is 20.7 Å². The van der Waals surface area contributed by atoms with E-state index in [0.717, 1.165) is 17.7 Å². The van der Waals surface area contributed by atoms with Crippen molar-refractivity contribution in [2.75, 3.05) is 18.1 Å². The maximum Gasteiger partial charge on any atom is 0.387 e. The second-order valence-corrected chi connectivity index (χ2v) is 10.2. The highest BCUT2D eigenvalue weighted by molar-refractivity contribution is 6.52. The largest absolute Gasteiger partial charge is 0.489 e. The summed E-state index contributed by atoms with van der Waals surface area (Å²) >= 11 is 12.7. The van der Waals surface area contributed by atoms with Crippen LogP contribution in [-0.4, -0.2) is 37.4 Å². The molecule has 1 aliphatic heterocycles. The Morgan fingerprint density at radius 1 is 1.05 bits per heavy atom. The average Bonchev–Trinajstić information content (AvgIpc) is 3.73. The Hall–Kier alpha value is -3.76. The predicted octanol–water partition coefficient (Wildman–Crippen LogP) is 5.25. The number of fused-ring (bicyclic) bond motifs is 1. The number of ketones is 1. The van der Waals surface area contributed by atoms with E-state index in [4.69, 9.17) is 32.7 Å². The molecule has 0 spiro atoms. The van der Waals surface area contributed by atoms with Gasteiger partial charge in [0.25, 0.3) is 11.7 Å². The highest BCUT2D eigenvalue weighted by atomic mass is 35.5. The van der Waals surface area contributed by atoms with Crippen molar-refractivity contribution < 1.29 is 42.4 Å². The monoisotopic (exact) mass is 591 g/mol. The van der Waals surface area contributed by atoms with E-state index in [2.05, 4.69) is 9.72 Å². The Morgan fingerprint density at radius 3 is 2.48 bits per heavy atom. The molecule has 1 aliphatic carbocycles. The van der Waals surface area contributed by atoms with E-state index in [0.29, 0.717) is 29.3 Å². The average molecular weight is 592 g/mol. The fourth-order valence-corrected chi connectivity index (χ4v) is 4.87. The van der Waals surface area contributed by atoms with Crippen LogP contribution in [0.1, 0.15) is 40.4 Å². The van der Waals surface area contributed by atoms with Gasteiger partial charge in [-0.2, -0.15) is 8.78 Å². The number of aromatic amines is 1. The molecule has 5 rings (SSSR count). The van der Waals surface area contributed by atoms with Crippen LogP contribution in [0.15, 0.2) is 54.9 Å². The van der Waals surface area contributed by atoms with E-state index in [-0.39, 0.29) is 33.5 Å². The highest BCUT2D eigenvalue weighted by Crippen LogP contribution is 2.38. The number of amides is 1. The zero-order chi connectivity index (χ0) is 28.4. The molecule has 1 N–H and O–H groups in total. The van der Waals surface area contributed by atoms with Gasteiger partial charge in [-0.3, -0.25) is 19.3 Å². The summed E-state index contributed by atoms with van der Waals surface area (Å²) in [6, 6.07) is 10.6. The zero-order valence-corrected chi connectivity index (χ0v) is 22.4. The summed E-state index contributed by atoms with van der Waals surface area (Å²) in [6.07, 6.45) is 3.98. The van der Waals surface area contributed by atoms with Crippen molar-refractivity contribution in [2.45, 2.75) is 32.0 Å². The summed E-state index contributed by atoms with van der Waals surface area (Å²) in [7, 11) is 0. The molecule has 1 saturated carbocycles. The molecule has 40 heavy (non-hydrogen) atoms. The van der Waals surface area contributed by atoms with E-state index in [1.807, 2.05) is 0 Å². The minimum Gasteiger partial charge on any atom is -0.489 e. The van der Waals surface area contributed by atoms with Crippen LogP contribution < -0.4 is 19.4 Å². The fourth-order valence-electron chi connectivity index (χ4n) is 4.34. The molecule has 2 heterocycles. The molecule has 1 amide bonds. The molecule has 2 aromatic carbocycles. The molecule has 8 nitrogen and oxygen atoms in total. The van der Waals surface area contributed by atoms with E-state index >= 15 is 0 Å². The maximum atomic E-state index is 13.2. The zero-order valence-electron chi connectivity index (χ0n) is 20.9. The number of hydrogen-bond donors (Lipinski definition) is 0. The number of ether oxygens (including phenoxy) is 3. The number of Topliss-reactive ketones (excluding diaryl/α,β-unsaturated/α-hetero) is 1. The molecule has 0 radical (unpaired) electrons. The van der Waals surface area contributed by atoms with Gasteiger partial charge in [0.1, 0.15) is 22.7 Å². The first-order chi connectivity index (χ1) is 19.2. The number of nitrogens with one attached hydrogen (secondary N) is 1. The van der Waals surface area contributed by atoms with Gasteiger partial charge >= 0.3 is 12.6 Å². The number of hydrogen-bond acceptors (Lipinski definition) is 6. The minimum absolute atomic E-state index is 0.0126. The Morgan fingerprint density at radius 2 is 1.77 bits per heavy atom. The minimum atomic E-state index is -3.07. The Kier molecular flexibility index (Phi) is 8.18. The van der Waals surface area contributed by atoms with Crippen LogP contribution in [0.3, 0.4) is 0 Å². The van der Waals surface area contributed by atoms with Crippen molar-refractivity contribution in [1.29, 1.82) is 0 Å². The van der Waals surface area contributed by atoms with Gasteiger partial charge in [0, 0.05) is 12.0 Å². The Balaban J connectivity index is 1.44. The van der Waals surface area contributed by atoms with Crippen LogP contribution in [0, 0.1) is 5.92 Å². The summed E-state index contributed by atoms with van der Waals surface area (Å²) in [6.45, 7) is -3.27. The van der Waals surface area contributed by atoms with Crippen molar-refractivity contribution in [2.24, 2.45) is 5.92 Å². The smallest absolute Gasteiger partial charge is 0.387 e. The lowest BCUT2D eigenvalue weighted by Crippen LogP contribution is -2.36. The van der Waals surface area contributed by atoms with Crippen molar-refractivity contribution in [3.8, 4) is 11.5 Å². The fraction of sp³-hybridized carbons (Fsp3) is 0.286. The number of esters is 1. The van der Waals surface area contributed by atoms with Gasteiger partial charge in [-0.1, -0.05) is 41.4 Å². The molecule has 3 aromatic rings. The van der Waals surface area contributed by atoms with Gasteiger partial charge in [-0.15, -0.1) is 0 Å². The number of benzene rings is 2. The van der Waals surface area contributed by atoms with Crippen molar-refractivity contribution >= 4 is 46.5 Å². The number of H-pyrrole nitrogens is 1. The number of rotatable bonds is 11. The normalized spacial score (nSPS) is 15.3. The van der Waals surface area contributed by atoms with Gasteiger partial charge < -0.3 is 14.2 Å². The summed E-state index contributed by atoms with van der Waals surface area (Å²) in [5.74, 6) is -2.13. The summed E-state index contributed by atoms with van der Waals surface area (Å²) < 4.78 is 42.3. The molecule has 1 fully saturated rings. The second-order valence-electron chi connectivity index (χ2n) is 9.39. The quantitative estimate of drug-likeness (QED) is 0.223. The van der Waals surface area contributed by atoms with Crippen molar-refractivity contribution in [3.63, 3.8) is 0 Å². The first-order valence-corrected chi connectivity index (χ1v) is 13.2. The van der Waals surface area contributed by atoms with E-state index in [1.165, 1.54) is 36.7 Å². The number of carbonyl (C=O) groups is 3. The number of para-hydroxylation sites is 1. The number of halogens is 4. The number of aromatic nitrogens is 1. The molecular weight excluding hydrogens is 569 g/mol. The highest BCUT2D eigenvalue weighted by Gasteiger charge is 2.37. The predicted molar refractivity (Wildman–Crippen MR) is 140 cm³/mol. The van der Waals surface area contributed by atoms with E-state index in [1.54, 1.807) is 18.2 Å². The lowest BCUT2D eigenvalue weighted by atomic mass is 10.0. The van der Waals surface area contributed by atoms with E-state index in [9.17, 15) is 23.2 Å². The number of alkyl halides is 2. The van der Waals surface area contributed by atoms with Gasteiger partial charge in [-0.05, 0) is 48.6 Å². The first-order valence-electron chi connectivity index (χ1n) is 12.4. The van der Waals surface area contributed by atoms with Crippen LogP contribution in [0.2, 0.25) is 10.0 Å². The molecule has 1 aromatic heterocycles. The molecule has 2 aliphatic rings.